The Bertz CT molecular complexity index is 495. The van der Waals surface area contributed by atoms with Gasteiger partial charge in [-0.3, -0.25) is 4.90 Å². The summed E-state index contributed by atoms with van der Waals surface area (Å²) in [4.78, 5) is 16.1. The number of benzene rings is 1. The van der Waals surface area contributed by atoms with Gasteiger partial charge in [-0.2, -0.15) is 0 Å². The van der Waals surface area contributed by atoms with E-state index in [0.717, 1.165) is 18.7 Å². The minimum absolute atomic E-state index is 0.128. The van der Waals surface area contributed by atoms with Crippen LogP contribution in [0.1, 0.15) is 11.1 Å². The van der Waals surface area contributed by atoms with Crippen LogP contribution in [0, 0.1) is 6.92 Å². The summed E-state index contributed by atoms with van der Waals surface area (Å²) in [7, 11) is 0. The minimum atomic E-state index is 0.128. The molecule has 0 radical (unpaired) electrons. The molecule has 3 nitrogen and oxygen atoms in total. The molecule has 2 aliphatic heterocycles. The van der Waals surface area contributed by atoms with Crippen LogP contribution in [0.2, 0.25) is 0 Å². The molecule has 0 saturated carbocycles. The first-order valence-corrected chi connectivity index (χ1v) is 6.00. The van der Waals surface area contributed by atoms with Crippen LogP contribution >= 0.6 is 0 Å². The number of hydrogen-bond acceptors (Lipinski definition) is 1. The number of carbonyl (C=O) groups excluding carboxylic acids is 1. The van der Waals surface area contributed by atoms with Crippen LogP contribution in [0.5, 0.6) is 0 Å². The molecule has 1 fully saturated rings. The van der Waals surface area contributed by atoms with Crippen LogP contribution in [-0.2, 0) is 6.42 Å². The highest BCUT2D eigenvalue weighted by atomic mass is 16.2. The van der Waals surface area contributed by atoms with Gasteiger partial charge in [0.05, 0.1) is 11.7 Å². The summed E-state index contributed by atoms with van der Waals surface area (Å²) >= 11 is 0. The lowest BCUT2D eigenvalue weighted by atomic mass is 10.1. The highest BCUT2D eigenvalue weighted by Crippen LogP contribution is 2.38. The standard InChI is InChI=1S/C14H16N2O/c1-3-7-15-9-12-8-11-6-4-5-10(2)13(11)16(12)14(15)17/h3-6,12H,1,7-9H2,2H3. The lowest BCUT2D eigenvalue weighted by Gasteiger charge is -2.18. The van der Waals surface area contributed by atoms with Gasteiger partial charge in [-0.05, 0) is 24.5 Å². The van der Waals surface area contributed by atoms with Crippen LogP contribution in [0.4, 0.5) is 10.5 Å². The maximum absolute atomic E-state index is 12.3. The van der Waals surface area contributed by atoms with Gasteiger partial charge in [0.15, 0.2) is 0 Å². The smallest absolute Gasteiger partial charge is 0.319 e. The first-order chi connectivity index (χ1) is 8.22. The molecule has 2 heterocycles. The second-order valence-electron chi connectivity index (χ2n) is 4.79. The molecule has 3 heteroatoms. The van der Waals surface area contributed by atoms with Gasteiger partial charge in [-0.25, -0.2) is 4.79 Å². The zero-order chi connectivity index (χ0) is 12.0. The van der Waals surface area contributed by atoms with E-state index in [9.17, 15) is 4.79 Å². The van der Waals surface area contributed by atoms with Gasteiger partial charge in [-0.15, -0.1) is 6.58 Å². The Labute approximate surface area is 101 Å². The Morgan fingerprint density at radius 1 is 1.53 bits per heavy atom. The number of aryl methyl sites for hydroxylation is 1. The lowest BCUT2D eigenvalue weighted by molar-refractivity contribution is 0.225. The van der Waals surface area contributed by atoms with Crippen LogP contribution in [0.15, 0.2) is 30.9 Å². The number of anilines is 1. The molecule has 3 rings (SSSR count). The average Bonchev–Trinajstić information content (AvgIpc) is 2.79. The third-order valence-corrected chi connectivity index (χ3v) is 3.64. The Morgan fingerprint density at radius 3 is 3.12 bits per heavy atom. The van der Waals surface area contributed by atoms with Gasteiger partial charge in [0, 0.05) is 13.1 Å². The molecule has 1 saturated heterocycles. The molecule has 0 aliphatic carbocycles. The van der Waals surface area contributed by atoms with Crippen molar-refractivity contribution in [3.8, 4) is 0 Å². The monoisotopic (exact) mass is 228 g/mol. The summed E-state index contributed by atoms with van der Waals surface area (Å²) in [6.45, 7) is 7.24. The molecule has 1 aromatic carbocycles. The number of fused-ring (bicyclic) bond motifs is 3. The molecule has 17 heavy (non-hydrogen) atoms. The van der Waals surface area contributed by atoms with Gasteiger partial charge in [0.1, 0.15) is 0 Å². The summed E-state index contributed by atoms with van der Waals surface area (Å²) in [5.41, 5.74) is 3.63. The first kappa shape index (κ1) is 10.4. The maximum atomic E-state index is 12.3. The second-order valence-corrected chi connectivity index (χ2v) is 4.79. The molecule has 88 valence electrons. The van der Waals surface area contributed by atoms with Gasteiger partial charge in [0.25, 0.3) is 0 Å². The predicted octanol–water partition coefficient (Wildman–Crippen LogP) is 2.35. The SMILES string of the molecule is C=CCN1CC2Cc3cccc(C)c3N2C1=O. The molecule has 0 bridgehead atoms. The number of rotatable bonds is 2. The zero-order valence-corrected chi connectivity index (χ0v) is 10.0. The second kappa shape index (κ2) is 3.62. The van der Waals surface area contributed by atoms with E-state index in [1.807, 2.05) is 9.80 Å². The van der Waals surface area contributed by atoms with Crippen molar-refractivity contribution >= 4 is 11.7 Å². The largest absolute Gasteiger partial charge is 0.325 e. The van der Waals surface area contributed by atoms with Crippen molar-refractivity contribution in [2.45, 2.75) is 19.4 Å². The zero-order valence-electron chi connectivity index (χ0n) is 10.0. The Morgan fingerprint density at radius 2 is 2.35 bits per heavy atom. The molecule has 0 N–H and O–H groups in total. The van der Waals surface area contributed by atoms with E-state index in [-0.39, 0.29) is 6.03 Å². The summed E-state index contributed by atoms with van der Waals surface area (Å²) in [5, 5.41) is 0. The number of amides is 2. The van der Waals surface area contributed by atoms with Crippen molar-refractivity contribution in [2.24, 2.45) is 0 Å². The fraction of sp³-hybridized carbons (Fsp3) is 0.357. The molecule has 1 aromatic rings. The van der Waals surface area contributed by atoms with E-state index < -0.39 is 0 Å². The van der Waals surface area contributed by atoms with Crippen molar-refractivity contribution in [3.63, 3.8) is 0 Å². The topological polar surface area (TPSA) is 23.6 Å². The highest BCUT2D eigenvalue weighted by Gasteiger charge is 2.43. The molecular weight excluding hydrogens is 212 g/mol. The Balaban J connectivity index is 2.00. The first-order valence-electron chi connectivity index (χ1n) is 6.00. The normalized spacial score (nSPS) is 21.7. The maximum Gasteiger partial charge on any atom is 0.325 e. The van der Waals surface area contributed by atoms with Crippen LogP contribution in [-0.4, -0.2) is 30.1 Å². The van der Waals surface area contributed by atoms with Crippen molar-refractivity contribution in [2.75, 3.05) is 18.0 Å². The molecule has 1 unspecified atom stereocenters. The van der Waals surface area contributed by atoms with Crippen molar-refractivity contribution in [1.29, 1.82) is 0 Å². The molecule has 2 amide bonds. The highest BCUT2D eigenvalue weighted by molar-refractivity contribution is 5.98. The van der Waals surface area contributed by atoms with E-state index in [0.29, 0.717) is 12.6 Å². The number of urea groups is 1. The van der Waals surface area contributed by atoms with Gasteiger partial charge < -0.3 is 4.90 Å². The summed E-state index contributed by atoms with van der Waals surface area (Å²) in [6.07, 6.45) is 2.77. The predicted molar refractivity (Wildman–Crippen MR) is 68.3 cm³/mol. The van der Waals surface area contributed by atoms with Crippen LogP contribution in [0.25, 0.3) is 0 Å². The summed E-state index contributed by atoms with van der Waals surface area (Å²) in [6, 6.07) is 6.72. The van der Waals surface area contributed by atoms with E-state index in [1.165, 1.54) is 11.1 Å². The fourth-order valence-corrected chi connectivity index (χ4v) is 2.95. The minimum Gasteiger partial charge on any atom is -0.319 e. The fourth-order valence-electron chi connectivity index (χ4n) is 2.95. The number of nitrogens with zero attached hydrogens (tertiary/aromatic N) is 2. The van der Waals surface area contributed by atoms with E-state index in [2.05, 4.69) is 31.7 Å². The van der Waals surface area contributed by atoms with E-state index in [1.54, 1.807) is 6.08 Å². The van der Waals surface area contributed by atoms with Crippen LogP contribution < -0.4 is 4.90 Å². The summed E-state index contributed by atoms with van der Waals surface area (Å²) in [5.74, 6) is 0. The van der Waals surface area contributed by atoms with Crippen molar-refractivity contribution < 1.29 is 4.79 Å². The number of carbonyl (C=O) groups is 1. The van der Waals surface area contributed by atoms with Crippen molar-refractivity contribution in [3.05, 3.63) is 42.0 Å². The lowest BCUT2D eigenvalue weighted by Crippen LogP contribution is -2.32. The molecule has 0 aromatic heterocycles. The Hall–Kier alpha value is -1.77. The average molecular weight is 228 g/mol. The van der Waals surface area contributed by atoms with E-state index >= 15 is 0 Å². The van der Waals surface area contributed by atoms with E-state index in [4.69, 9.17) is 0 Å². The number of hydrogen-bond donors (Lipinski definition) is 0. The van der Waals surface area contributed by atoms with Crippen molar-refractivity contribution in [1.82, 2.24) is 4.90 Å². The van der Waals surface area contributed by atoms with Gasteiger partial charge in [-0.1, -0.05) is 24.3 Å². The molecule has 1 atom stereocenters. The van der Waals surface area contributed by atoms with Crippen LogP contribution in [0.3, 0.4) is 0 Å². The summed E-state index contributed by atoms with van der Waals surface area (Å²) < 4.78 is 0. The third kappa shape index (κ3) is 1.38. The Kier molecular flexibility index (Phi) is 2.21. The van der Waals surface area contributed by atoms with Gasteiger partial charge in [0.2, 0.25) is 0 Å². The molecular formula is C14H16N2O. The third-order valence-electron chi connectivity index (χ3n) is 3.64. The quantitative estimate of drug-likeness (QED) is 0.713. The molecule has 2 aliphatic rings. The number of para-hydroxylation sites is 1. The molecule has 0 spiro atoms. The van der Waals surface area contributed by atoms with Gasteiger partial charge >= 0.3 is 6.03 Å².